The van der Waals surface area contributed by atoms with Gasteiger partial charge in [-0.2, -0.15) is 0 Å². The first-order chi connectivity index (χ1) is 6.97. The Bertz CT molecular complexity index is 214. The molecule has 0 aromatic rings. The van der Waals surface area contributed by atoms with Gasteiger partial charge in [0.05, 0.1) is 12.0 Å². The second kappa shape index (κ2) is 7.23. The molecule has 0 aliphatic carbocycles. The molecule has 0 rings (SSSR count). The lowest BCUT2D eigenvalue weighted by atomic mass is 9.96. The molecule has 5 nitrogen and oxygen atoms in total. The maximum atomic E-state index is 10.6. The third-order valence-electron chi connectivity index (χ3n) is 2.33. The molecule has 0 heterocycles. The van der Waals surface area contributed by atoms with Crippen LogP contribution in [0.1, 0.15) is 39.0 Å². The zero-order valence-corrected chi connectivity index (χ0v) is 8.85. The average molecular weight is 218 g/mol. The van der Waals surface area contributed by atoms with Crippen molar-refractivity contribution in [1.29, 1.82) is 0 Å². The number of hydrogen-bond donors (Lipinski definition) is 3. The van der Waals surface area contributed by atoms with E-state index in [0.717, 1.165) is 0 Å². The summed E-state index contributed by atoms with van der Waals surface area (Å²) in [6.07, 6.45) is 0.700. The van der Waals surface area contributed by atoms with Crippen LogP contribution in [0.4, 0.5) is 0 Å². The number of aliphatic hydroxyl groups excluding tert-OH is 1. The van der Waals surface area contributed by atoms with Gasteiger partial charge in [-0.25, -0.2) is 0 Å². The maximum Gasteiger partial charge on any atom is 0.306 e. The second-order valence-electron chi connectivity index (χ2n) is 3.62. The van der Waals surface area contributed by atoms with Gasteiger partial charge in [0.15, 0.2) is 0 Å². The van der Waals surface area contributed by atoms with Gasteiger partial charge in [-0.3, -0.25) is 9.59 Å². The summed E-state index contributed by atoms with van der Waals surface area (Å²) in [5.41, 5.74) is 0. The normalized spacial score (nSPS) is 14.5. The highest BCUT2D eigenvalue weighted by atomic mass is 16.4. The van der Waals surface area contributed by atoms with E-state index in [1.54, 1.807) is 6.92 Å². The third kappa shape index (κ3) is 6.90. The van der Waals surface area contributed by atoms with E-state index >= 15 is 0 Å². The van der Waals surface area contributed by atoms with Crippen LogP contribution < -0.4 is 0 Å². The molecule has 0 radical (unpaired) electrons. The lowest BCUT2D eigenvalue weighted by Crippen LogP contribution is -2.20. The summed E-state index contributed by atoms with van der Waals surface area (Å²) in [4.78, 5) is 20.8. The Labute approximate surface area is 88.7 Å². The fourth-order valence-corrected chi connectivity index (χ4v) is 1.38. The van der Waals surface area contributed by atoms with Gasteiger partial charge in [0.1, 0.15) is 0 Å². The molecule has 0 aromatic heterocycles. The summed E-state index contributed by atoms with van der Waals surface area (Å²) in [6, 6.07) is 0. The smallest absolute Gasteiger partial charge is 0.306 e. The lowest BCUT2D eigenvalue weighted by molar-refractivity contribution is -0.143. The van der Waals surface area contributed by atoms with Crippen LogP contribution in [0.2, 0.25) is 0 Å². The predicted octanol–water partition coefficient (Wildman–Crippen LogP) is 1.10. The summed E-state index contributed by atoms with van der Waals surface area (Å²) in [6.45, 7) is 1.75. The minimum atomic E-state index is -0.908. The minimum Gasteiger partial charge on any atom is -0.481 e. The molecule has 5 heteroatoms. The Balaban J connectivity index is 3.76. The minimum absolute atomic E-state index is 0.0148. The SMILES string of the molecule is CCC(CC(O)CCCC(=O)O)C(=O)O. The van der Waals surface area contributed by atoms with Crippen molar-refractivity contribution < 1.29 is 24.9 Å². The molecule has 0 spiro atoms. The topological polar surface area (TPSA) is 94.8 Å². The zero-order valence-electron chi connectivity index (χ0n) is 8.85. The number of aliphatic hydroxyl groups is 1. The van der Waals surface area contributed by atoms with Crippen LogP contribution >= 0.6 is 0 Å². The van der Waals surface area contributed by atoms with Gasteiger partial charge in [-0.1, -0.05) is 6.92 Å². The number of carboxylic acid groups (broad SMARTS) is 2. The number of carbonyl (C=O) groups is 2. The van der Waals surface area contributed by atoms with Crippen molar-refractivity contribution in [1.82, 2.24) is 0 Å². The van der Waals surface area contributed by atoms with Crippen molar-refractivity contribution in [2.24, 2.45) is 5.92 Å². The van der Waals surface area contributed by atoms with Crippen LogP contribution in [0, 0.1) is 5.92 Å². The molecule has 0 aliphatic heterocycles. The monoisotopic (exact) mass is 218 g/mol. The van der Waals surface area contributed by atoms with E-state index in [1.807, 2.05) is 0 Å². The van der Waals surface area contributed by atoms with Crippen LogP contribution in [0.3, 0.4) is 0 Å². The van der Waals surface area contributed by atoms with Crippen molar-refractivity contribution in [3.63, 3.8) is 0 Å². The van der Waals surface area contributed by atoms with E-state index in [1.165, 1.54) is 0 Å². The molecule has 0 saturated carbocycles. The summed E-state index contributed by atoms with van der Waals surface area (Å²) in [5, 5.41) is 26.6. The van der Waals surface area contributed by atoms with E-state index in [4.69, 9.17) is 10.2 Å². The average Bonchev–Trinajstić information content (AvgIpc) is 2.13. The number of hydrogen-bond acceptors (Lipinski definition) is 3. The maximum absolute atomic E-state index is 10.6. The van der Waals surface area contributed by atoms with Crippen molar-refractivity contribution in [3.05, 3.63) is 0 Å². The highest BCUT2D eigenvalue weighted by molar-refractivity contribution is 5.69. The molecule has 0 amide bonds. The van der Waals surface area contributed by atoms with Gasteiger partial charge in [-0.15, -0.1) is 0 Å². The van der Waals surface area contributed by atoms with Crippen LogP contribution in [0.5, 0.6) is 0 Å². The molecule has 88 valence electrons. The van der Waals surface area contributed by atoms with E-state index in [-0.39, 0.29) is 12.8 Å². The summed E-state index contributed by atoms with van der Waals surface area (Å²) < 4.78 is 0. The molecule has 0 aliphatic rings. The first-order valence-electron chi connectivity index (χ1n) is 5.10. The van der Waals surface area contributed by atoms with E-state index in [2.05, 4.69) is 0 Å². The van der Waals surface area contributed by atoms with E-state index in [0.29, 0.717) is 19.3 Å². The van der Waals surface area contributed by atoms with Crippen molar-refractivity contribution in [2.45, 2.75) is 45.1 Å². The standard InChI is InChI=1S/C10H18O5/c1-2-7(10(14)15)6-8(11)4-3-5-9(12)13/h7-8,11H,2-6H2,1H3,(H,12,13)(H,14,15). The Morgan fingerprint density at radius 1 is 1.27 bits per heavy atom. The number of rotatable bonds is 8. The third-order valence-corrected chi connectivity index (χ3v) is 2.33. The van der Waals surface area contributed by atoms with Gasteiger partial charge < -0.3 is 15.3 Å². The molecule has 0 fully saturated rings. The van der Waals surface area contributed by atoms with Crippen LogP contribution in [-0.2, 0) is 9.59 Å². The van der Waals surface area contributed by atoms with Crippen molar-refractivity contribution >= 4 is 11.9 Å². The zero-order chi connectivity index (χ0) is 11.8. The molecule has 15 heavy (non-hydrogen) atoms. The molecule has 3 N–H and O–H groups in total. The van der Waals surface area contributed by atoms with Crippen LogP contribution in [0.25, 0.3) is 0 Å². The Kier molecular flexibility index (Phi) is 6.70. The van der Waals surface area contributed by atoms with E-state index < -0.39 is 24.0 Å². The Morgan fingerprint density at radius 3 is 2.27 bits per heavy atom. The molecule has 0 bridgehead atoms. The molecular formula is C10H18O5. The number of carboxylic acids is 2. The molecule has 2 atom stereocenters. The first kappa shape index (κ1) is 13.9. The van der Waals surface area contributed by atoms with Crippen LogP contribution in [-0.4, -0.2) is 33.4 Å². The lowest BCUT2D eigenvalue weighted by Gasteiger charge is -2.14. The fraction of sp³-hybridized carbons (Fsp3) is 0.800. The quantitative estimate of drug-likeness (QED) is 0.567. The number of aliphatic carboxylic acids is 2. The molecular weight excluding hydrogens is 200 g/mol. The summed E-state index contributed by atoms with van der Waals surface area (Å²) >= 11 is 0. The largest absolute Gasteiger partial charge is 0.481 e. The fourth-order valence-electron chi connectivity index (χ4n) is 1.38. The highest BCUT2D eigenvalue weighted by Gasteiger charge is 2.19. The van der Waals surface area contributed by atoms with Crippen molar-refractivity contribution in [3.8, 4) is 0 Å². The molecule has 2 unspecified atom stereocenters. The van der Waals surface area contributed by atoms with Gasteiger partial charge in [0.2, 0.25) is 0 Å². The van der Waals surface area contributed by atoms with Crippen LogP contribution in [0.15, 0.2) is 0 Å². The summed E-state index contributed by atoms with van der Waals surface area (Å²) in [5.74, 6) is -2.34. The highest BCUT2D eigenvalue weighted by Crippen LogP contribution is 2.15. The second-order valence-corrected chi connectivity index (χ2v) is 3.62. The molecule has 0 saturated heterocycles. The predicted molar refractivity (Wildman–Crippen MR) is 53.5 cm³/mol. The van der Waals surface area contributed by atoms with Crippen molar-refractivity contribution in [2.75, 3.05) is 0 Å². The first-order valence-corrected chi connectivity index (χ1v) is 5.10. The Morgan fingerprint density at radius 2 is 1.87 bits per heavy atom. The Hall–Kier alpha value is -1.10. The molecule has 0 aromatic carbocycles. The van der Waals surface area contributed by atoms with E-state index in [9.17, 15) is 14.7 Å². The van der Waals surface area contributed by atoms with Gasteiger partial charge in [0, 0.05) is 6.42 Å². The van der Waals surface area contributed by atoms with Gasteiger partial charge >= 0.3 is 11.9 Å². The van der Waals surface area contributed by atoms with Gasteiger partial charge in [0.25, 0.3) is 0 Å². The summed E-state index contributed by atoms with van der Waals surface area (Å²) in [7, 11) is 0. The van der Waals surface area contributed by atoms with Gasteiger partial charge in [-0.05, 0) is 25.7 Å².